The number of anilines is 1. The summed E-state index contributed by atoms with van der Waals surface area (Å²) in [5.41, 5.74) is -0.375. The Kier molecular flexibility index (Phi) is 4.33. The van der Waals surface area contributed by atoms with Crippen LogP contribution in [-0.2, 0) is 4.79 Å². The Morgan fingerprint density at radius 2 is 1.95 bits per heavy atom. The average molecular weight is 260 g/mol. The lowest BCUT2D eigenvalue weighted by Crippen LogP contribution is -2.28. The van der Waals surface area contributed by atoms with Gasteiger partial charge in [-0.1, -0.05) is 32.6 Å². The van der Waals surface area contributed by atoms with Crippen molar-refractivity contribution in [3.8, 4) is 11.8 Å². The summed E-state index contributed by atoms with van der Waals surface area (Å²) in [7, 11) is 0. The zero-order chi connectivity index (χ0) is 14.7. The standard InChI is InChI=1S/C15H20N2O2/c1-14(2,3)13(18)17-12-10-16-9-7-11(12)6-8-15(4,5)19/h7,9-10,19H,1-5H3,(H,17,18). The van der Waals surface area contributed by atoms with E-state index in [9.17, 15) is 9.90 Å². The van der Waals surface area contributed by atoms with Gasteiger partial charge in [0.05, 0.1) is 17.4 Å². The fourth-order valence-corrected chi connectivity index (χ4v) is 1.13. The molecule has 0 atom stereocenters. The molecule has 2 N–H and O–H groups in total. The second-order valence-corrected chi connectivity index (χ2v) is 5.93. The Bertz CT molecular complexity index is 526. The van der Waals surface area contributed by atoms with Crippen LogP contribution in [0.1, 0.15) is 40.2 Å². The highest BCUT2D eigenvalue weighted by atomic mass is 16.3. The van der Waals surface area contributed by atoms with E-state index in [2.05, 4.69) is 22.1 Å². The summed E-state index contributed by atoms with van der Waals surface area (Å²) in [6.45, 7) is 8.71. The Labute approximate surface area is 114 Å². The van der Waals surface area contributed by atoms with Gasteiger partial charge in [-0.3, -0.25) is 9.78 Å². The number of nitrogens with zero attached hydrogens (tertiary/aromatic N) is 1. The summed E-state index contributed by atoms with van der Waals surface area (Å²) in [4.78, 5) is 15.9. The van der Waals surface area contributed by atoms with Crippen molar-refractivity contribution >= 4 is 11.6 Å². The minimum Gasteiger partial charge on any atom is -0.378 e. The highest BCUT2D eigenvalue weighted by Crippen LogP contribution is 2.19. The van der Waals surface area contributed by atoms with Crippen molar-refractivity contribution in [1.82, 2.24) is 4.98 Å². The lowest BCUT2D eigenvalue weighted by Gasteiger charge is -2.18. The van der Waals surface area contributed by atoms with Gasteiger partial charge in [0.25, 0.3) is 0 Å². The van der Waals surface area contributed by atoms with Crippen LogP contribution in [0, 0.1) is 17.3 Å². The highest BCUT2D eigenvalue weighted by molar-refractivity contribution is 5.95. The molecule has 0 aliphatic rings. The quantitative estimate of drug-likeness (QED) is 0.761. The number of aliphatic hydroxyl groups is 1. The molecule has 1 amide bonds. The zero-order valence-electron chi connectivity index (χ0n) is 12.0. The summed E-state index contributed by atoms with van der Waals surface area (Å²) >= 11 is 0. The van der Waals surface area contributed by atoms with Crippen molar-refractivity contribution in [3.05, 3.63) is 24.0 Å². The predicted octanol–water partition coefficient (Wildman–Crippen LogP) is 2.19. The lowest BCUT2D eigenvalue weighted by molar-refractivity contribution is -0.123. The van der Waals surface area contributed by atoms with Crippen LogP contribution in [0.5, 0.6) is 0 Å². The topological polar surface area (TPSA) is 62.2 Å². The number of hydrogen-bond donors (Lipinski definition) is 2. The molecule has 0 spiro atoms. The molecule has 19 heavy (non-hydrogen) atoms. The first-order chi connectivity index (χ1) is 8.59. The maximum Gasteiger partial charge on any atom is 0.229 e. The average Bonchev–Trinajstić information content (AvgIpc) is 2.25. The van der Waals surface area contributed by atoms with Gasteiger partial charge in [0.2, 0.25) is 5.91 Å². The molecule has 0 aliphatic heterocycles. The normalized spacial score (nSPS) is 11.5. The second kappa shape index (κ2) is 5.41. The molecule has 1 aromatic heterocycles. The van der Waals surface area contributed by atoms with Gasteiger partial charge in [-0.2, -0.15) is 0 Å². The Morgan fingerprint density at radius 3 is 2.47 bits per heavy atom. The highest BCUT2D eigenvalue weighted by Gasteiger charge is 2.21. The van der Waals surface area contributed by atoms with E-state index in [0.717, 1.165) is 0 Å². The number of hydrogen-bond acceptors (Lipinski definition) is 3. The van der Waals surface area contributed by atoms with Crippen molar-refractivity contribution in [2.75, 3.05) is 5.32 Å². The zero-order valence-corrected chi connectivity index (χ0v) is 12.0. The largest absolute Gasteiger partial charge is 0.378 e. The molecule has 0 aliphatic carbocycles. The first kappa shape index (κ1) is 15.2. The predicted molar refractivity (Wildman–Crippen MR) is 75.5 cm³/mol. The minimum absolute atomic E-state index is 0.105. The molecule has 0 fully saturated rings. The monoisotopic (exact) mass is 260 g/mol. The van der Waals surface area contributed by atoms with Gasteiger partial charge in [-0.15, -0.1) is 0 Å². The number of rotatable bonds is 1. The Balaban J connectivity index is 3.03. The van der Waals surface area contributed by atoms with Gasteiger partial charge in [-0.25, -0.2) is 0 Å². The van der Waals surface area contributed by atoms with E-state index in [1.54, 1.807) is 32.3 Å². The third-order valence-corrected chi connectivity index (χ3v) is 2.25. The van der Waals surface area contributed by atoms with Gasteiger partial charge in [0.1, 0.15) is 5.60 Å². The number of carbonyl (C=O) groups is 1. The van der Waals surface area contributed by atoms with E-state index in [1.807, 2.05) is 20.8 Å². The van der Waals surface area contributed by atoms with Crippen LogP contribution in [-0.4, -0.2) is 21.6 Å². The molecule has 4 nitrogen and oxygen atoms in total. The van der Waals surface area contributed by atoms with Gasteiger partial charge in [0.15, 0.2) is 0 Å². The van der Waals surface area contributed by atoms with Crippen molar-refractivity contribution in [2.45, 2.75) is 40.2 Å². The van der Waals surface area contributed by atoms with Crippen LogP contribution in [0.15, 0.2) is 18.5 Å². The molecule has 0 radical (unpaired) electrons. The van der Waals surface area contributed by atoms with Crippen molar-refractivity contribution < 1.29 is 9.90 Å². The van der Waals surface area contributed by atoms with Gasteiger partial charge >= 0.3 is 0 Å². The minimum atomic E-state index is -1.07. The first-order valence-electron chi connectivity index (χ1n) is 6.10. The smallest absolute Gasteiger partial charge is 0.229 e. The third-order valence-electron chi connectivity index (χ3n) is 2.25. The molecule has 0 unspecified atom stereocenters. The molecule has 4 heteroatoms. The molecule has 102 valence electrons. The van der Waals surface area contributed by atoms with E-state index >= 15 is 0 Å². The van der Waals surface area contributed by atoms with Crippen LogP contribution < -0.4 is 5.32 Å². The summed E-state index contributed by atoms with van der Waals surface area (Å²) < 4.78 is 0. The number of carbonyl (C=O) groups excluding carboxylic acids is 1. The van der Waals surface area contributed by atoms with Crippen LogP contribution >= 0.6 is 0 Å². The van der Waals surface area contributed by atoms with E-state index in [0.29, 0.717) is 11.3 Å². The lowest BCUT2D eigenvalue weighted by atomic mass is 9.95. The SMILES string of the molecule is CC(C)(O)C#Cc1ccncc1NC(=O)C(C)(C)C. The molecular weight excluding hydrogens is 240 g/mol. The first-order valence-corrected chi connectivity index (χ1v) is 6.10. The summed E-state index contributed by atoms with van der Waals surface area (Å²) in [5, 5.41) is 12.4. The summed E-state index contributed by atoms with van der Waals surface area (Å²) in [6, 6.07) is 1.71. The molecule has 0 bridgehead atoms. The summed E-state index contributed by atoms with van der Waals surface area (Å²) in [5.74, 6) is 5.47. The summed E-state index contributed by atoms with van der Waals surface area (Å²) in [6.07, 6.45) is 3.15. The van der Waals surface area contributed by atoms with E-state index in [4.69, 9.17) is 0 Å². The number of pyridine rings is 1. The molecule has 0 saturated heterocycles. The van der Waals surface area contributed by atoms with Crippen molar-refractivity contribution in [3.63, 3.8) is 0 Å². The van der Waals surface area contributed by atoms with Crippen molar-refractivity contribution in [2.24, 2.45) is 5.41 Å². The maximum atomic E-state index is 12.0. The third kappa shape index (κ3) is 5.11. The fraction of sp³-hybridized carbons (Fsp3) is 0.467. The molecule has 1 heterocycles. The Hall–Kier alpha value is -1.86. The van der Waals surface area contributed by atoms with E-state index < -0.39 is 11.0 Å². The molecular formula is C15H20N2O2. The molecule has 1 rings (SSSR count). The van der Waals surface area contributed by atoms with Crippen LogP contribution in [0.25, 0.3) is 0 Å². The van der Waals surface area contributed by atoms with Crippen LogP contribution in [0.3, 0.4) is 0 Å². The van der Waals surface area contributed by atoms with Crippen molar-refractivity contribution in [1.29, 1.82) is 0 Å². The molecule has 1 aromatic rings. The molecule has 0 aromatic carbocycles. The number of amides is 1. The molecule has 0 saturated carbocycles. The van der Waals surface area contributed by atoms with Crippen LogP contribution in [0.2, 0.25) is 0 Å². The van der Waals surface area contributed by atoms with E-state index in [-0.39, 0.29) is 5.91 Å². The second-order valence-electron chi connectivity index (χ2n) is 5.93. The van der Waals surface area contributed by atoms with E-state index in [1.165, 1.54) is 0 Å². The Morgan fingerprint density at radius 1 is 1.32 bits per heavy atom. The number of aromatic nitrogens is 1. The number of nitrogens with one attached hydrogen (secondary N) is 1. The van der Waals surface area contributed by atoms with Crippen LogP contribution in [0.4, 0.5) is 5.69 Å². The van der Waals surface area contributed by atoms with Gasteiger partial charge in [0, 0.05) is 11.6 Å². The fourth-order valence-electron chi connectivity index (χ4n) is 1.13. The van der Waals surface area contributed by atoms with Gasteiger partial charge < -0.3 is 10.4 Å². The van der Waals surface area contributed by atoms with Gasteiger partial charge in [-0.05, 0) is 19.9 Å². The maximum absolute atomic E-state index is 12.0.